The van der Waals surface area contributed by atoms with Gasteiger partial charge in [0.15, 0.2) is 0 Å². The lowest BCUT2D eigenvalue weighted by Gasteiger charge is -2.16. The second-order valence-electron chi connectivity index (χ2n) is 6.13. The third-order valence-corrected chi connectivity index (χ3v) is 4.84. The molecule has 0 saturated heterocycles. The molecule has 0 amide bonds. The number of anilines is 1. The summed E-state index contributed by atoms with van der Waals surface area (Å²) in [5.41, 5.74) is 8.30. The molecule has 5 aromatic rings. The zero-order valence-corrected chi connectivity index (χ0v) is 12.4. The Balaban J connectivity index is 2.28. The lowest BCUT2D eigenvalue weighted by atomic mass is 9.88. The lowest BCUT2D eigenvalue weighted by molar-refractivity contribution is 1.55. The average Bonchev–Trinajstić information content (AvgIpc) is 2.54. The van der Waals surface area contributed by atoms with Crippen LogP contribution in [0.1, 0.15) is 5.56 Å². The van der Waals surface area contributed by atoms with Gasteiger partial charge in [-0.15, -0.1) is 0 Å². The lowest BCUT2D eigenvalue weighted by Crippen LogP contribution is -1.91. The number of nitrogens with two attached hydrogens (primary N) is 1. The molecule has 0 aliphatic heterocycles. The van der Waals surface area contributed by atoms with Crippen molar-refractivity contribution < 1.29 is 0 Å². The molecule has 2 N–H and O–H groups in total. The number of rotatable bonds is 0. The molecule has 0 fully saturated rings. The van der Waals surface area contributed by atoms with E-state index in [1.807, 2.05) is 0 Å². The summed E-state index contributed by atoms with van der Waals surface area (Å²) in [6, 6.07) is 21.8. The largest absolute Gasteiger partial charge is 0.399 e. The highest BCUT2D eigenvalue weighted by molar-refractivity contribution is 6.33. The monoisotopic (exact) mass is 281 g/mol. The topological polar surface area (TPSA) is 26.0 Å². The fraction of sp³-hybridized carbons (Fsp3) is 0.0476. The first-order valence-corrected chi connectivity index (χ1v) is 7.59. The van der Waals surface area contributed by atoms with Crippen molar-refractivity contribution in [2.45, 2.75) is 6.92 Å². The molecule has 0 bridgehead atoms. The van der Waals surface area contributed by atoms with Gasteiger partial charge in [-0.2, -0.15) is 0 Å². The average molecular weight is 281 g/mol. The molecule has 5 aromatic carbocycles. The van der Waals surface area contributed by atoms with Gasteiger partial charge < -0.3 is 5.73 Å². The van der Waals surface area contributed by atoms with E-state index < -0.39 is 0 Å². The van der Waals surface area contributed by atoms with Gasteiger partial charge in [0.25, 0.3) is 0 Å². The first-order chi connectivity index (χ1) is 10.7. The third-order valence-electron chi connectivity index (χ3n) is 4.84. The Kier molecular flexibility index (Phi) is 2.09. The van der Waals surface area contributed by atoms with Gasteiger partial charge in [0.2, 0.25) is 0 Å². The van der Waals surface area contributed by atoms with Gasteiger partial charge in [0.05, 0.1) is 0 Å². The highest BCUT2D eigenvalue weighted by Gasteiger charge is 2.13. The van der Waals surface area contributed by atoms with Crippen LogP contribution in [0.25, 0.3) is 43.1 Å². The molecule has 0 unspecified atom stereocenters. The third kappa shape index (κ3) is 1.33. The van der Waals surface area contributed by atoms with Crippen molar-refractivity contribution in [3.05, 3.63) is 66.2 Å². The summed E-state index contributed by atoms with van der Waals surface area (Å²) in [5.74, 6) is 0. The van der Waals surface area contributed by atoms with Crippen LogP contribution in [0.4, 0.5) is 5.69 Å². The Hall–Kier alpha value is -2.80. The van der Waals surface area contributed by atoms with E-state index in [-0.39, 0.29) is 0 Å². The van der Waals surface area contributed by atoms with Gasteiger partial charge in [0, 0.05) is 5.69 Å². The summed E-state index contributed by atoms with van der Waals surface area (Å²) < 4.78 is 0. The molecular weight excluding hydrogens is 266 g/mol. The van der Waals surface area contributed by atoms with Crippen molar-refractivity contribution in [1.82, 2.24) is 0 Å². The zero-order chi connectivity index (χ0) is 14.8. The van der Waals surface area contributed by atoms with Crippen molar-refractivity contribution in [3.8, 4) is 0 Å². The summed E-state index contributed by atoms with van der Waals surface area (Å²) >= 11 is 0. The van der Waals surface area contributed by atoms with Crippen molar-refractivity contribution in [1.29, 1.82) is 0 Å². The number of aryl methyl sites for hydroxylation is 1. The molecule has 0 aromatic heterocycles. The standard InChI is InChI=1S/C21H15N/c1-12-8-9-17-15-6-2-4-13-5-3-7-16(20(13)15)19-11-14(22)10-18(12)21(17)19/h2-11H,22H2,1H3. The molecule has 22 heavy (non-hydrogen) atoms. The highest BCUT2D eigenvalue weighted by Crippen LogP contribution is 2.41. The summed E-state index contributed by atoms with van der Waals surface area (Å²) in [6.07, 6.45) is 0. The van der Waals surface area contributed by atoms with Crippen LogP contribution in [0, 0.1) is 6.92 Å². The van der Waals surface area contributed by atoms with Crippen LogP contribution >= 0.6 is 0 Å². The van der Waals surface area contributed by atoms with E-state index in [2.05, 4.69) is 67.6 Å². The van der Waals surface area contributed by atoms with Crippen LogP contribution in [0.15, 0.2) is 60.7 Å². The van der Waals surface area contributed by atoms with Gasteiger partial charge in [-0.1, -0.05) is 48.5 Å². The van der Waals surface area contributed by atoms with E-state index in [0.717, 1.165) is 5.69 Å². The predicted octanol–water partition coefficient (Wildman–Crippen LogP) is 5.63. The molecule has 0 spiro atoms. The number of benzene rings is 5. The maximum atomic E-state index is 6.19. The Labute approximate surface area is 128 Å². The smallest absolute Gasteiger partial charge is 0.0326 e. The van der Waals surface area contributed by atoms with Crippen LogP contribution in [0.3, 0.4) is 0 Å². The maximum absolute atomic E-state index is 6.19. The van der Waals surface area contributed by atoms with E-state index in [1.165, 1.54) is 48.7 Å². The van der Waals surface area contributed by atoms with E-state index in [9.17, 15) is 0 Å². The summed E-state index contributed by atoms with van der Waals surface area (Å²) in [7, 11) is 0. The van der Waals surface area contributed by atoms with Gasteiger partial charge in [0.1, 0.15) is 0 Å². The van der Waals surface area contributed by atoms with E-state index in [0.29, 0.717) is 0 Å². The number of hydrogen-bond acceptors (Lipinski definition) is 1. The molecule has 1 nitrogen and oxygen atoms in total. The van der Waals surface area contributed by atoms with Gasteiger partial charge in [-0.25, -0.2) is 0 Å². The number of fused-ring (bicyclic) bond motifs is 2. The van der Waals surface area contributed by atoms with Crippen molar-refractivity contribution in [3.63, 3.8) is 0 Å². The van der Waals surface area contributed by atoms with Crippen LogP contribution < -0.4 is 5.73 Å². The molecule has 5 rings (SSSR count). The predicted molar refractivity (Wildman–Crippen MR) is 96.8 cm³/mol. The van der Waals surface area contributed by atoms with Crippen molar-refractivity contribution in [2.75, 3.05) is 5.73 Å². The fourth-order valence-electron chi connectivity index (χ4n) is 3.87. The zero-order valence-electron chi connectivity index (χ0n) is 12.4. The quantitative estimate of drug-likeness (QED) is 0.222. The van der Waals surface area contributed by atoms with Crippen molar-refractivity contribution >= 4 is 48.8 Å². The molecular formula is C21H15N. The van der Waals surface area contributed by atoms with Gasteiger partial charge in [-0.05, 0) is 67.7 Å². The fourth-order valence-corrected chi connectivity index (χ4v) is 3.87. The highest BCUT2D eigenvalue weighted by atomic mass is 14.5. The Morgan fingerprint density at radius 1 is 0.636 bits per heavy atom. The number of hydrogen-bond donors (Lipinski definition) is 1. The first kappa shape index (κ1) is 11.8. The van der Waals surface area contributed by atoms with E-state index in [1.54, 1.807) is 0 Å². The Morgan fingerprint density at radius 3 is 2.05 bits per heavy atom. The van der Waals surface area contributed by atoms with Crippen LogP contribution in [0.5, 0.6) is 0 Å². The summed E-state index contributed by atoms with van der Waals surface area (Å²) in [5, 5.41) is 10.4. The second-order valence-corrected chi connectivity index (χ2v) is 6.13. The minimum absolute atomic E-state index is 0.833. The van der Waals surface area contributed by atoms with Gasteiger partial charge >= 0.3 is 0 Å². The summed E-state index contributed by atoms with van der Waals surface area (Å²) in [4.78, 5) is 0. The minimum atomic E-state index is 0.833. The van der Waals surface area contributed by atoms with Crippen LogP contribution in [0.2, 0.25) is 0 Å². The van der Waals surface area contributed by atoms with E-state index >= 15 is 0 Å². The Morgan fingerprint density at radius 2 is 1.27 bits per heavy atom. The van der Waals surface area contributed by atoms with E-state index in [4.69, 9.17) is 5.73 Å². The SMILES string of the molecule is Cc1ccc2c3cccc4cccc(c5cc(N)cc1c25)c43. The molecule has 0 saturated carbocycles. The van der Waals surface area contributed by atoms with Crippen LogP contribution in [-0.2, 0) is 0 Å². The van der Waals surface area contributed by atoms with Crippen LogP contribution in [-0.4, -0.2) is 0 Å². The minimum Gasteiger partial charge on any atom is -0.399 e. The second kappa shape index (κ2) is 3.89. The van der Waals surface area contributed by atoms with Crippen molar-refractivity contribution in [2.24, 2.45) is 0 Å². The summed E-state index contributed by atoms with van der Waals surface area (Å²) in [6.45, 7) is 2.16. The number of nitrogen functional groups attached to an aromatic ring is 1. The molecule has 1 heteroatoms. The normalized spacial score (nSPS) is 12.0. The molecule has 0 atom stereocenters. The van der Waals surface area contributed by atoms with Gasteiger partial charge in [-0.3, -0.25) is 0 Å². The first-order valence-electron chi connectivity index (χ1n) is 7.59. The molecule has 0 aliphatic rings. The molecule has 0 radical (unpaired) electrons. The molecule has 0 aliphatic carbocycles. The Bertz CT molecular complexity index is 1180. The molecule has 0 heterocycles. The maximum Gasteiger partial charge on any atom is 0.0326 e. The molecule has 104 valence electrons.